The van der Waals surface area contributed by atoms with Crippen molar-refractivity contribution in [1.82, 2.24) is 4.57 Å². The Balaban J connectivity index is 1.94. The minimum atomic E-state index is -0.285. The zero-order chi connectivity index (χ0) is 16.6. The smallest absolute Gasteiger partial charge is 0.252 e. The first-order valence-electron chi connectivity index (χ1n) is 7.33. The predicted octanol–water partition coefficient (Wildman–Crippen LogP) is 3.67. The second-order valence-corrected chi connectivity index (χ2v) is 6.68. The van der Waals surface area contributed by atoms with E-state index in [-0.39, 0.29) is 18.1 Å². The zero-order valence-corrected chi connectivity index (χ0v) is 14.1. The fraction of sp³-hybridized carbons (Fsp3) is 0.222. The van der Waals surface area contributed by atoms with Gasteiger partial charge in [-0.3, -0.25) is 4.79 Å². The van der Waals surface area contributed by atoms with Gasteiger partial charge in [-0.25, -0.2) is 4.39 Å². The van der Waals surface area contributed by atoms with E-state index in [1.54, 1.807) is 6.07 Å². The number of hydrogen-bond donors (Lipinski definition) is 0. The Labute approximate surface area is 137 Å². The fourth-order valence-corrected chi connectivity index (χ4v) is 3.63. The molecule has 0 unspecified atom stereocenters. The number of benzene rings is 2. The maximum Gasteiger partial charge on any atom is 0.252 e. The van der Waals surface area contributed by atoms with E-state index >= 15 is 0 Å². The third kappa shape index (κ3) is 3.24. The van der Waals surface area contributed by atoms with Gasteiger partial charge in [0.15, 0.2) is 4.80 Å². The molecule has 0 aliphatic rings. The number of carbonyl (C=O) groups excluding carboxylic acids is 1. The lowest BCUT2D eigenvalue weighted by molar-refractivity contribution is -0.117. The molecule has 0 atom stereocenters. The lowest BCUT2D eigenvalue weighted by atomic mass is 10.0. The van der Waals surface area contributed by atoms with Gasteiger partial charge in [0.2, 0.25) is 0 Å². The van der Waals surface area contributed by atoms with E-state index in [0.717, 1.165) is 21.3 Å². The molecule has 0 saturated carbocycles. The molecule has 0 radical (unpaired) electrons. The van der Waals surface area contributed by atoms with Crippen LogP contribution in [0, 0.1) is 19.7 Å². The number of fused-ring (bicyclic) bond motifs is 1. The van der Waals surface area contributed by atoms with Gasteiger partial charge in [-0.1, -0.05) is 35.1 Å². The fourth-order valence-electron chi connectivity index (χ4n) is 2.57. The van der Waals surface area contributed by atoms with Crippen LogP contribution in [0.5, 0.6) is 0 Å². The van der Waals surface area contributed by atoms with E-state index in [1.807, 2.05) is 37.6 Å². The summed E-state index contributed by atoms with van der Waals surface area (Å²) in [5, 5.41) is 0. The van der Waals surface area contributed by atoms with Gasteiger partial charge in [-0.15, -0.1) is 0 Å². The second-order valence-electron chi connectivity index (χ2n) is 5.67. The van der Waals surface area contributed by atoms with Gasteiger partial charge < -0.3 is 4.57 Å². The van der Waals surface area contributed by atoms with Crippen LogP contribution in [0.25, 0.3) is 10.2 Å². The molecule has 1 heterocycles. The standard InChI is InChI=1S/C18H17FN2OS/c1-11-4-5-13(12(2)8-11)9-17(22)20-18-21(3)15-7-6-14(19)10-16(15)23-18/h4-8,10H,9H2,1-3H3. The Bertz CT molecular complexity index is 969. The number of rotatable bonds is 2. The summed E-state index contributed by atoms with van der Waals surface area (Å²) in [4.78, 5) is 17.1. The second kappa shape index (κ2) is 6.08. The molecule has 5 heteroatoms. The van der Waals surface area contributed by atoms with Crippen molar-refractivity contribution < 1.29 is 9.18 Å². The van der Waals surface area contributed by atoms with Crippen molar-refractivity contribution in [2.45, 2.75) is 20.3 Å². The van der Waals surface area contributed by atoms with Crippen LogP contribution >= 0.6 is 11.3 Å². The van der Waals surface area contributed by atoms with E-state index < -0.39 is 0 Å². The van der Waals surface area contributed by atoms with Crippen molar-refractivity contribution in [2.24, 2.45) is 12.0 Å². The summed E-state index contributed by atoms with van der Waals surface area (Å²) in [5.74, 6) is -0.480. The monoisotopic (exact) mass is 328 g/mol. The highest BCUT2D eigenvalue weighted by molar-refractivity contribution is 7.16. The maximum absolute atomic E-state index is 13.3. The SMILES string of the molecule is Cc1ccc(CC(=O)N=c2sc3cc(F)ccc3n2C)c(C)c1. The van der Waals surface area contributed by atoms with Gasteiger partial charge in [0.25, 0.3) is 5.91 Å². The Hall–Kier alpha value is -2.27. The average Bonchev–Trinajstić information content (AvgIpc) is 2.77. The van der Waals surface area contributed by atoms with Crippen molar-refractivity contribution in [3.8, 4) is 0 Å². The number of nitrogens with zero attached hydrogens (tertiary/aromatic N) is 2. The van der Waals surface area contributed by atoms with E-state index in [0.29, 0.717) is 4.80 Å². The van der Waals surface area contributed by atoms with E-state index in [2.05, 4.69) is 11.1 Å². The van der Waals surface area contributed by atoms with Crippen LogP contribution in [0.1, 0.15) is 16.7 Å². The molecule has 0 saturated heterocycles. The summed E-state index contributed by atoms with van der Waals surface area (Å²) >= 11 is 1.32. The first-order valence-corrected chi connectivity index (χ1v) is 8.14. The Morgan fingerprint density at radius 2 is 2.00 bits per heavy atom. The highest BCUT2D eigenvalue weighted by atomic mass is 32.1. The highest BCUT2D eigenvalue weighted by Crippen LogP contribution is 2.17. The van der Waals surface area contributed by atoms with Crippen LogP contribution in [0.3, 0.4) is 0 Å². The molecular weight excluding hydrogens is 311 g/mol. The molecule has 2 aromatic carbocycles. The highest BCUT2D eigenvalue weighted by Gasteiger charge is 2.08. The Morgan fingerprint density at radius 3 is 2.74 bits per heavy atom. The van der Waals surface area contributed by atoms with Crippen LogP contribution in [0.2, 0.25) is 0 Å². The third-order valence-corrected chi connectivity index (χ3v) is 4.93. The topological polar surface area (TPSA) is 34.4 Å². The quantitative estimate of drug-likeness (QED) is 0.707. The number of aryl methyl sites for hydroxylation is 3. The van der Waals surface area contributed by atoms with Crippen LogP contribution in [0.15, 0.2) is 41.4 Å². The molecule has 3 rings (SSSR count). The van der Waals surface area contributed by atoms with Gasteiger partial charge in [0.1, 0.15) is 5.82 Å². The summed E-state index contributed by atoms with van der Waals surface area (Å²) in [6, 6.07) is 10.6. The van der Waals surface area contributed by atoms with Crippen LogP contribution in [0.4, 0.5) is 4.39 Å². The lowest BCUT2D eigenvalue weighted by Crippen LogP contribution is -2.14. The number of carbonyl (C=O) groups is 1. The molecule has 0 fully saturated rings. The van der Waals surface area contributed by atoms with Crippen LogP contribution in [-0.4, -0.2) is 10.5 Å². The molecule has 23 heavy (non-hydrogen) atoms. The van der Waals surface area contributed by atoms with Gasteiger partial charge >= 0.3 is 0 Å². The summed E-state index contributed by atoms with van der Waals surface area (Å²) in [5.41, 5.74) is 4.12. The average molecular weight is 328 g/mol. The van der Waals surface area contributed by atoms with Crippen LogP contribution < -0.4 is 4.80 Å². The molecule has 3 nitrogen and oxygen atoms in total. The Kier molecular flexibility index (Phi) is 4.13. The van der Waals surface area contributed by atoms with E-state index in [9.17, 15) is 9.18 Å². The van der Waals surface area contributed by atoms with Crippen molar-refractivity contribution in [2.75, 3.05) is 0 Å². The van der Waals surface area contributed by atoms with Gasteiger partial charge in [0.05, 0.1) is 16.6 Å². The number of hydrogen-bond acceptors (Lipinski definition) is 2. The van der Waals surface area contributed by atoms with E-state index in [1.165, 1.54) is 29.0 Å². The van der Waals surface area contributed by atoms with Gasteiger partial charge in [0, 0.05) is 7.05 Å². The molecule has 0 aliphatic carbocycles. The van der Waals surface area contributed by atoms with Gasteiger partial charge in [-0.05, 0) is 43.2 Å². The normalized spacial score (nSPS) is 12.1. The molecule has 3 aromatic rings. The van der Waals surface area contributed by atoms with Gasteiger partial charge in [-0.2, -0.15) is 4.99 Å². The summed E-state index contributed by atoms with van der Waals surface area (Å²) in [6.07, 6.45) is 0.273. The number of halogens is 1. The molecule has 0 spiro atoms. The van der Waals surface area contributed by atoms with Crippen molar-refractivity contribution in [1.29, 1.82) is 0 Å². The summed E-state index contributed by atoms with van der Waals surface area (Å²) in [7, 11) is 1.83. The molecule has 0 N–H and O–H groups in total. The minimum Gasteiger partial charge on any atom is -0.319 e. The lowest BCUT2D eigenvalue weighted by Gasteiger charge is -2.04. The molecule has 0 bridgehead atoms. The number of aromatic nitrogens is 1. The Morgan fingerprint density at radius 1 is 1.22 bits per heavy atom. The molecule has 118 valence electrons. The summed E-state index contributed by atoms with van der Waals surface area (Å²) < 4.78 is 15.9. The van der Waals surface area contributed by atoms with Crippen molar-refractivity contribution in [3.63, 3.8) is 0 Å². The molecular formula is C18H17FN2OS. The maximum atomic E-state index is 13.3. The first-order chi connectivity index (χ1) is 10.9. The zero-order valence-electron chi connectivity index (χ0n) is 13.3. The molecule has 0 aliphatic heterocycles. The molecule has 1 aromatic heterocycles. The van der Waals surface area contributed by atoms with Crippen molar-refractivity contribution in [3.05, 3.63) is 63.7 Å². The van der Waals surface area contributed by atoms with E-state index in [4.69, 9.17) is 0 Å². The minimum absolute atomic E-state index is 0.195. The van der Waals surface area contributed by atoms with Crippen LogP contribution in [-0.2, 0) is 18.3 Å². The molecule has 1 amide bonds. The number of thiazole rings is 1. The van der Waals surface area contributed by atoms with Crippen molar-refractivity contribution >= 4 is 27.5 Å². The number of amides is 1. The largest absolute Gasteiger partial charge is 0.319 e. The third-order valence-electron chi connectivity index (χ3n) is 3.83. The first kappa shape index (κ1) is 15.6. The predicted molar refractivity (Wildman–Crippen MR) is 90.9 cm³/mol. The summed E-state index contributed by atoms with van der Waals surface area (Å²) in [6.45, 7) is 4.02.